The number of nitrogens with zero attached hydrogens (tertiary/aromatic N) is 3. The van der Waals surface area contributed by atoms with Gasteiger partial charge in [-0.3, -0.25) is 4.68 Å². The number of hydrogen-bond acceptors (Lipinski definition) is 2. The Hall–Kier alpha value is -0.700. The lowest BCUT2D eigenvalue weighted by Gasteiger charge is -2.20. The second kappa shape index (κ2) is 3.81. The summed E-state index contributed by atoms with van der Waals surface area (Å²) in [4.78, 5) is 2.18. The molecule has 1 aromatic rings. The summed E-state index contributed by atoms with van der Waals surface area (Å²) in [5, 5.41) is 4.80. The summed E-state index contributed by atoms with van der Waals surface area (Å²) in [5.41, 5.74) is 0. The van der Waals surface area contributed by atoms with Gasteiger partial charge in [-0.25, -0.2) is 0 Å². The van der Waals surface area contributed by atoms with Crippen LogP contribution in [0.5, 0.6) is 0 Å². The number of hydrogen-bond donors (Lipinski definition) is 0. The monoisotopic (exact) mass is 187 g/mol. The lowest BCUT2D eigenvalue weighted by Crippen LogP contribution is -2.24. The first-order valence-corrected chi connectivity index (χ1v) is 4.50. The molecule has 4 heteroatoms. The van der Waals surface area contributed by atoms with Gasteiger partial charge in [0.25, 0.3) is 0 Å². The van der Waals surface area contributed by atoms with Crippen LogP contribution in [0, 0.1) is 0 Å². The zero-order valence-corrected chi connectivity index (χ0v) is 8.47. The molecule has 0 unspecified atom stereocenters. The summed E-state index contributed by atoms with van der Waals surface area (Å²) in [6, 6.07) is 0. The van der Waals surface area contributed by atoms with Crippen molar-refractivity contribution in [3.05, 3.63) is 11.2 Å². The molecule has 0 aromatic carbocycles. The molecule has 1 aromatic heterocycles. The lowest BCUT2D eigenvalue weighted by atomic mass is 10.5. The van der Waals surface area contributed by atoms with E-state index in [4.69, 9.17) is 11.6 Å². The molecule has 0 spiro atoms. The molecule has 0 atom stereocenters. The first kappa shape index (κ1) is 9.39. The Morgan fingerprint density at radius 1 is 1.50 bits per heavy atom. The van der Waals surface area contributed by atoms with Crippen LogP contribution in [-0.4, -0.2) is 22.9 Å². The fraction of sp³-hybridized carbons (Fsp3) is 0.625. The number of anilines is 1. The highest BCUT2D eigenvalue weighted by molar-refractivity contribution is 6.32. The molecule has 0 amide bonds. The van der Waals surface area contributed by atoms with Crippen molar-refractivity contribution in [2.24, 2.45) is 7.05 Å². The van der Waals surface area contributed by atoms with Crippen LogP contribution in [0.3, 0.4) is 0 Å². The van der Waals surface area contributed by atoms with Gasteiger partial charge in [0.1, 0.15) is 10.8 Å². The number of halogens is 1. The third-order valence-corrected chi connectivity index (χ3v) is 2.19. The van der Waals surface area contributed by atoms with Crippen LogP contribution >= 0.6 is 11.6 Å². The Labute approximate surface area is 77.9 Å². The van der Waals surface area contributed by atoms with E-state index < -0.39 is 0 Å². The average Bonchev–Trinajstić information content (AvgIpc) is 2.38. The van der Waals surface area contributed by atoms with Crippen molar-refractivity contribution < 1.29 is 0 Å². The molecule has 1 rings (SSSR count). The van der Waals surface area contributed by atoms with Crippen LogP contribution in [0.15, 0.2) is 6.20 Å². The lowest BCUT2D eigenvalue weighted by molar-refractivity contribution is 0.721. The topological polar surface area (TPSA) is 21.1 Å². The molecule has 0 aliphatic heterocycles. The summed E-state index contributed by atoms with van der Waals surface area (Å²) in [7, 11) is 1.90. The average molecular weight is 188 g/mol. The van der Waals surface area contributed by atoms with Gasteiger partial charge >= 0.3 is 0 Å². The molecule has 1 heterocycles. The SMILES string of the molecule is CCN(CC)c1c(Cl)cnn1C. The molecule has 0 aliphatic rings. The molecule has 0 radical (unpaired) electrons. The van der Waals surface area contributed by atoms with Crippen molar-refractivity contribution >= 4 is 17.4 Å². The highest BCUT2D eigenvalue weighted by atomic mass is 35.5. The van der Waals surface area contributed by atoms with Crippen molar-refractivity contribution in [1.29, 1.82) is 0 Å². The molecule has 3 nitrogen and oxygen atoms in total. The number of aryl methyl sites for hydroxylation is 1. The first-order valence-electron chi connectivity index (χ1n) is 4.13. The van der Waals surface area contributed by atoms with E-state index in [0.717, 1.165) is 23.9 Å². The van der Waals surface area contributed by atoms with E-state index in [9.17, 15) is 0 Å². The summed E-state index contributed by atoms with van der Waals surface area (Å²) >= 11 is 5.97. The number of aromatic nitrogens is 2. The molecule has 68 valence electrons. The molecule has 0 bridgehead atoms. The third kappa shape index (κ3) is 1.55. The predicted molar refractivity (Wildman–Crippen MR) is 51.8 cm³/mol. The maximum absolute atomic E-state index is 5.97. The van der Waals surface area contributed by atoms with Crippen molar-refractivity contribution in [3.8, 4) is 0 Å². The predicted octanol–water partition coefficient (Wildman–Crippen LogP) is 1.92. The van der Waals surface area contributed by atoms with Gasteiger partial charge in [0.15, 0.2) is 0 Å². The van der Waals surface area contributed by atoms with Crippen LogP contribution in [0.25, 0.3) is 0 Å². The zero-order valence-electron chi connectivity index (χ0n) is 7.71. The summed E-state index contributed by atoms with van der Waals surface area (Å²) in [6.07, 6.45) is 1.68. The van der Waals surface area contributed by atoms with Gasteiger partial charge < -0.3 is 4.90 Å². The summed E-state index contributed by atoms with van der Waals surface area (Å²) in [6.45, 7) is 6.12. The molecule has 0 saturated carbocycles. The Kier molecular flexibility index (Phi) is 2.98. The minimum atomic E-state index is 0.723. The standard InChI is InChI=1S/C8H14ClN3/c1-4-12(5-2)8-7(9)6-10-11(8)3/h6H,4-5H2,1-3H3. The Bertz CT molecular complexity index is 233. The van der Waals surface area contributed by atoms with Gasteiger partial charge in [-0.1, -0.05) is 11.6 Å². The summed E-state index contributed by atoms with van der Waals surface area (Å²) in [5.74, 6) is 1.00. The van der Waals surface area contributed by atoms with E-state index in [0.29, 0.717) is 0 Å². The minimum absolute atomic E-state index is 0.723. The van der Waals surface area contributed by atoms with Gasteiger partial charge in [0.05, 0.1) is 6.20 Å². The third-order valence-electron chi connectivity index (χ3n) is 1.93. The molecule has 0 N–H and O–H groups in total. The van der Waals surface area contributed by atoms with Gasteiger partial charge in [0.2, 0.25) is 0 Å². The zero-order chi connectivity index (χ0) is 9.14. The quantitative estimate of drug-likeness (QED) is 0.721. The fourth-order valence-electron chi connectivity index (χ4n) is 1.28. The van der Waals surface area contributed by atoms with Crippen LogP contribution in [0.4, 0.5) is 5.82 Å². The second-order valence-corrected chi connectivity index (χ2v) is 3.02. The minimum Gasteiger partial charge on any atom is -0.356 e. The second-order valence-electron chi connectivity index (χ2n) is 2.61. The van der Waals surface area contributed by atoms with E-state index in [1.807, 2.05) is 7.05 Å². The van der Waals surface area contributed by atoms with E-state index >= 15 is 0 Å². The Balaban J connectivity index is 2.98. The highest BCUT2D eigenvalue weighted by Gasteiger charge is 2.11. The molecular formula is C8H14ClN3. The van der Waals surface area contributed by atoms with Gasteiger partial charge in [-0.05, 0) is 13.8 Å². The normalized spacial score (nSPS) is 10.3. The van der Waals surface area contributed by atoms with Crippen LogP contribution in [-0.2, 0) is 7.05 Å². The smallest absolute Gasteiger partial charge is 0.145 e. The van der Waals surface area contributed by atoms with Gasteiger partial charge in [-0.15, -0.1) is 0 Å². The van der Waals surface area contributed by atoms with E-state index in [2.05, 4.69) is 23.8 Å². The maximum atomic E-state index is 5.97. The van der Waals surface area contributed by atoms with E-state index in [1.54, 1.807) is 10.9 Å². The first-order chi connectivity index (χ1) is 5.70. The molecular weight excluding hydrogens is 174 g/mol. The molecule has 0 aliphatic carbocycles. The fourth-order valence-corrected chi connectivity index (χ4v) is 1.57. The Morgan fingerprint density at radius 3 is 2.42 bits per heavy atom. The molecule has 12 heavy (non-hydrogen) atoms. The molecule has 0 saturated heterocycles. The van der Waals surface area contributed by atoms with E-state index in [-0.39, 0.29) is 0 Å². The van der Waals surface area contributed by atoms with Crippen molar-refractivity contribution in [2.45, 2.75) is 13.8 Å². The van der Waals surface area contributed by atoms with E-state index in [1.165, 1.54) is 0 Å². The van der Waals surface area contributed by atoms with Crippen molar-refractivity contribution in [3.63, 3.8) is 0 Å². The van der Waals surface area contributed by atoms with Crippen LogP contribution in [0.1, 0.15) is 13.8 Å². The highest BCUT2D eigenvalue weighted by Crippen LogP contribution is 2.23. The van der Waals surface area contributed by atoms with Crippen LogP contribution in [0.2, 0.25) is 5.02 Å². The summed E-state index contributed by atoms with van der Waals surface area (Å²) < 4.78 is 1.80. The van der Waals surface area contributed by atoms with Crippen molar-refractivity contribution in [1.82, 2.24) is 9.78 Å². The van der Waals surface area contributed by atoms with Gasteiger partial charge in [0, 0.05) is 20.1 Å². The Morgan fingerprint density at radius 2 is 2.08 bits per heavy atom. The van der Waals surface area contributed by atoms with Gasteiger partial charge in [-0.2, -0.15) is 5.10 Å². The largest absolute Gasteiger partial charge is 0.356 e. The van der Waals surface area contributed by atoms with Crippen molar-refractivity contribution in [2.75, 3.05) is 18.0 Å². The molecule has 0 fully saturated rings. The maximum Gasteiger partial charge on any atom is 0.145 e. The van der Waals surface area contributed by atoms with Crippen LogP contribution < -0.4 is 4.90 Å². The number of rotatable bonds is 3.